The molecule has 0 unspecified atom stereocenters. The van der Waals surface area contributed by atoms with Crippen molar-refractivity contribution in [2.45, 2.75) is 38.8 Å². The molecule has 3 rings (SSSR count). The summed E-state index contributed by atoms with van der Waals surface area (Å²) in [5.74, 6) is 0. The van der Waals surface area contributed by atoms with Crippen LogP contribution in [0.3, 0.4) is 0 Å². The summed E-state index contributed by atoms with van der Waals surface area (Å²) in [7, 11) is -4.26. The number of aryl methyl sites for hydroxylation is 4. The standard InChI is InChI=1S/C23H22F3IO3S/c1-15-5-9-20(13-17(15)3)27(21-10-6-16(2)18(4)14-21)30-31(28,29)22-11-7-19(8-12-22)23(24,25)26/h5-14H,1-4H3. The van der Waals surface area contributed by atoms with Gasteiger partial charge in [-0.2, -0.15) is 0 Å². The summed E-state index contributed by atoms with van der Waals surface area (Å²) in [5, 5.41) is 0. The minimum absolute atomic E-state index is 0.296. The summed E-state index contributed by atoms with van der Waals surface area (Å²) in [6.45, 7) is 7.82. The van der Waals surface area contributed by atoms with E-state index in [1.165, 1.54) is 0 Å². The topological polar surface area (TPSA) is 43.4 Å². The fraction of sp³-hybridized carbons (Fsp3) is 0.217. The summed E-state index contributed by atoms with van der Waals surface area (Å²) in [5.41, 5.74) is 3.26. The predicted molar refractivity (Wildman–Crippen MR) is 123 cm³/mol. The molecular weight excluding hydrogens is 540 g/mol. The summed E-state index contributed by atoms with van der Waals surface area (Å²) in [6.07, 6.45) is -4.54. The molecule has 31 heavy (non-hydrogen) atoms. The molecule has 0 amide bonds. The zero-order valence-corrected chi connectivity index (χ0v) is 20.4. The predicted octanol–water partition coefficient (Wildman–Crippen LogP) is 6.81. The molecule has 0 saturated heterocycles. The number of benzene rings is 3. The SMILES string of the molecule is Cc1ccc(I(OS(=O)(=O)c2ccc(C(F)(F)F)cc2)c2ccc(C)c(C)c2)cc1C. The molecule has 3 aromatic carbocycles. The molecule has 3 nitrogen and oxygen atoms in total. The molecule has 0 fully saturated rings. The van der Waals surface area contributed by atoms with Gasteiger partial charge >= 0.3 is 189 Å². The normalized spacial score (nSPS) is 12.7. The van der Waals surface area contributed by atoms with Crippen LogP contribution in [0.1, 0.15) is 27.8 Å². The van der Waals surface area contributed by atoms with E-state index in [0.717, 1.165) is 53.7 Å². The van der Waals surface area contributed by atoms with Crippen LogP contribution in [0.5, 0.6) is 0 Å². The molecule has 0 N–H and O–H groups in total. The van der Waals surface area contributed by atoms with Gasteiger partial charge in [-0.25, -0.2) is 0 Å². The summed E-state index contributed by atoms with van der Waals surface area (Å²) >= 11 is -2.92. The fourth-order valence-electron chi connectivity index (χ4n) is 2.75. The number of halogens is 4. The van der Waals surface area contributed by atoms with Crippen molar-refractivity contribution in [3.05, 3.63) is 95.6 Å². The van der Waals surface area contributed by atoms with E-state index < -0.39 is 42.1 Å². The van der Waals surface area contributed by atoms with Gasteiger partial charge in [0.25, 0.3) is 0 Å². The molecule has 3 aromatic rings. The Morgan fingerprint density at radius 3 is 1.55 bits per heavy atom. The van der Waals surface area contributed by atoms with Crippen molar-refractivity contribution in [2.24, 2.45) is 0 Å². The number of alkyl halides is 3. The number of hydrogen-bond donors (Lipinski definition) is 0. The fourth-order valence-corrected chi connectivity index (χ4v) is 10.1. The zero-order chi connectivity index (χ0) is 23.0. The molecule has 166 valence electrons. The average Bonchev–Trinajstić information content (AvgIpc) is 2.70. The third-order valence-electron chi connectivity index (χ3n) is 4.95. The van der Waals surface area contributed by atoms with Gasteiger partial charge in [0.15, 0.2) is 0 Å². The van der Waals surface area contributed by atoms with E-state index in [-0.39, 0.29) is 4.90 Å². The van der Waals surface area contributed by atoms with Gasteiger partial charge in [0.05, 0.1) is 0 Å². The Hall–Kier alpha value is -1.91. The molecule has 0 aromatic heterocycles. The van der Waals surface area contributed by atoms with Gasteiger partial charge in [0, 0.05) is 0 Å². The zero-order valence-electron chi connectivity index (χ0n) is 17.4. The summed E-state index contributed by atoms with van der Waals surface area (Å²) < 4.78 is 71.8. The third-order valence-corrected chi connectivity index (χ3v) is 12.2. The van der Waals surface area contributed by atoms with Crippen LogP contribution in [0.2, 0.25) is 0 Å². The van der Waals surface area contributed by atoms with Crippen LogP contribution in [0, 0.1) is 34.8 Å². The van der Waals surface area contributed by atoms with E-state index in [1.54, 1.807) is 0 Å². The van der Waals surface area contributed by atoms with Gasteiger partial charge in [0.2, 0.25) is 0 Å². The van der Waals surface area contributed by atoms with Gasteiger partial charge in [-0.15, -0.1) is 0 Å². The van der Waals surface area contributed by atoms with Crippen molar-refractivity contribution in [3.63, 3.8) is 0 Å². The molecule has 0 saturated carbocycles. The Morgan fingerprint density at radius 2 is 1.16 bits per heavy atom. The quantitative estimate of drug-likeness (QED) is 0.321. The van der Waals surface area contributed by atoms with Gasteiger partial charge in [0.1, 0.15) is 0 Å². The van der Waals surface area contributed by atoms with Gasteiger partial charge in [-0.3, -0.25) is 0 Å². The molecule has 0 radical (unpaired) electrons. The average molecular weight is 562 g/mol. The molecule has 0 spiro atoms. The van der Waals surface area contributed by atoms with Gasteiger partial charge in [-0.1, -0.05) is 0 Å². The van der Waals surface area contributed by atoms with Crippen LogP contribution in [-0.4, -0.2) is 8.42 Å². The molecule has 0 bridgehead atoms. The third kappa shape index (κ3) is 5.48. The minimum atomic E-state index is -4.54. The maximum atomic E-state index is 13.0. The van der Waals surface area contributed by atoms with E-state index in [2.05, 4.69) is 0 Å². The molecular formula is C23H22F3IO3S. The molecule has 0 heterocycles. The van der Waals surface area contributed by atoms with Crippen molar-refractivity contribution in [2.75, 3.05) is 0 Å². The summed E-state index contributed by atoms with van der Waals surface area (Å²) in [4.78, 5) is -0.296. The van der Waals surface area contributed by atoms with E-state index in [4.69, 9.17) is 2.51 Å². The first kappa shape index (κ1) is 23.7. The second kappa shape index (κ2) is 8.91. The Labute approximate surface area is 188 Å². The van der Waals surface area contributed by atoms with Crippen molar-refractivity contribution in [1.82, 2.24) is 0 Å². The first-order valence-corrected chi connectivity index (χ1v) is 13.8. The van der Waals surface area contributed by atoms with Crippen molar-refractivity contribution in [1.29, 1.82) is 0 Å². The van der Waals surface area contributed by atoms with Crippen molar-refractivity contribution >= 4 is 30.4 Å². The monoisotopic (exact) mass is 562 g/mol. The van der Waals surface area contributed by atoms with E-state index in [9.17, 15) is 21.6 Å². The van der Waals surface area contributed by atoms with Crippen LogP contribution in [0.15, 0.2) is 65.6 Å². The van der Waals surface area contributed by atoms with Crippen LogP contribution in [0.25, 0.3) is 0 Å². The maximum absolute atomic E-state index is 13.0. The second-order valence-electron chi connectivity index (χ2n) is 7.25. The Bertz CT molecular complexity index is 1150. The molecule has 0 atom stereocenters. The van der Waals surface area contributed by atoms with Crippen molar-refractivity contribution in [3.8, 4) is 0 Å². The first-order valence-electron chi connectivity index (χ1n) is 9.35. The number of rotatable bonds is 5. The first-order chi connectivity index (χ1) is 14.4. The molecule has 0 aliphatic carbocycles. The molecule has 0 aliphatic heterocycles. The van der Waals surface area contributed by atoms with Gasteiger partial charge in [-0.05, 0) is 0 Å². The van der Waals surface area contributed by atoms with Crippen LogP contribution >= 0.6 is 20.2 Å². The van der Waals surface area contributed by atoms with Crippen molar-refractivity contribution < 1.29 is 24.1 Å². The Morgan fingerprint density at radius 1 is 0.710 bits per heavy atom. The van der Waals surface area contributed by atoms with Crippen LogP contribution in [0.4, 0.5) is 13.2 Å². The summed E-state index contributed by atoms with van der Waals surface area (Å²) in [6, 6.07) is 14.8. The van der Waals surface area contributed by atoms with E-state index in [1.807, 2.05) is 64.1 Å². The Balaban J connectivity index is 2.04. The van der Waals surface area contributed by atoms with Crippen LogP contribution in [-0.2, 0) is 18.8 Å². The van der Waals surface area contributed by atoms with E-state index in [0.29, 0.717) is 0 Å². The number of hydrogen-bond acceptors (Lipinski definition) is 3. The second-order valence-corrected chi connectivity index (χ2v) is 13.7. The van der Waals surface area contributed by atoms with Gasteiger partial charge < -0.3 is 0 Å². The molecule has 8 heteroatoms. The van der Waals surface area contributed by atoms with Crippen LogP contribution < -0.4 is 0 Å². The van der Waals surface area contributed by atoms with E-state index >= 15 is 0 Å². The Kier molecular flexibility index (Phi) is 6.83. The molecule has 0 aliphatic rings.